The number of carbonyl (C=O) groups is 1. The van der Waals surface area contributed by atoms with Crippen LogP contribution < -0.4 is 4.72 Å². The topological polar surface area (TPSA) is 107 Å². The third-order valence-corrected chi connectivity index (χ3v) is 4.88. The van der Waals surface area contributed by atoms with E-state index in [-0.39, 0.29) is 22.4 Å². The van der Waals surface area contributed by atoms with Gasteiger partial charge in [0.25, 0.3) is 0 Å². The largest absolute Gasteiger partial charge is 0.480 e. The number of halogens is 2. The zero-order chi connectivity index (χ0) is 17.1. The Morgan fingerprint density at radius 1 is 1.50 bits per heavy atom. The Bertz CT molecular complexity index is 728. The average Bonchev–Trinajstić information content (AvgIpc) is 2.39. The molecule has 0 amide bonds. The Balaban J connectivity index is 3.22. The highest BCUT2D eigenvalue weighted by Gasteiger charge is 2.28. The van der Waals surface area contributed by atoms with E-state index in [1.807, 2.05) is 4.72 Å². The van der Waals surface area contributed by atoms with Crippen molar-refractivity contribution in [3.05, 3.63) is 28.0 Å². The van der Waals surface area contributed by atoms with Crippen LogP contribution in [0.25, 0.3) is 0 Å². The van der Waals surface area contributed by atoms with Crippen LogP contribution in [0.4, 0.5) is 4.39 Å². The molecule has 6 nitrogen and oxygen atoms in total. The zero-order valence-electron chi connectivity index (χ0n) is 11.8. The Kier molecular flexibility index (Phi) is 6.05. The van der Waals surface area contributed by atoms with Crippen molar-refractivity contribution in [1.29, 1.82) is 5.26 Å². The van der Waals surface area contributed by atoms with Crippen LogP contribution in [-0.2, 0) is 14.8 Å². The lowest BCUT2D eigenvalue weighted by atomic mass is 10.1. The molecule has 0 aromatic heterocycles. The third kappa shape index (κ3) is 4.50. The van der Waals surface area contributed by atoms with Crippen LogP contribution in [0.2, 0.25) is 0 Å². The molecule has 0 aliphatic heterocycles. The van der Waals surface area contributed by atoms with Gasteiger partial charge in [-0.1, -0.05) is 13.8 Å². The molecule has 0 bridgehead atoms. The van der Waals surface area contributed by atoms with Gasteiger partial charge in [-0.15, -0.1) is 0 Å². The maximum Gasteiger partial charge on any atom is 0.321 e. The molecule has 1 aromatic rings. The van der Waals surface area contributed by atoms with Crippen LogP contribution in [0.15, 0.2) is 21.5 Å². The number of aliphatic carboxylic acids is 1. The van der Waals surface area contributed by atoms with E-state index in [9.17, 15) is 17.6 Å². The fourth-order valence-corrected chi connectivity index (χ4v) is 3.61. The molecule has 0 fully saturated rings. The fraction of sp³-hybridized carbons (Fsp3) is 0.385. The summed E-state index contributed by atoms with van der Waals surface area (Å²) in [5, 5.41) is 17.8. The van der Waals surface area contributed by atoms with Gasteiger partial charge in [-0.2, -0.15) is 9.98 Å². The highest BCUT2D eigenvalue weighted by molar-refractivity contribution is 9.10. The molecule has 0 saturated heterocycles. The lowest BCUT2D eigenvalue weighted by Crippen LogP contribution is -2.41. The number of rotatable bonds is 6. The van der Waals surface area contributed by atoms with E-state index in [4.69, 9.17) is 10.4 Å². The molecule has 0 heterocycles. The van der Waals surface area contributed by atoms with E-state index in [0.717, 1.165) is 12.1 Å². The molecule has 0 spiro atoms. The fourth-order valence-electron chi connectivity index (χ4n) is 1.74. The minimum absolute atomic E-state index is 0.0617. The smallest absolute Gasteiger partial charge is 0.321 e. The Hall–Kier alpha value is -1.50. The second-order valence-corrected chi connectivity index (χ2v) is 7.55. The summed E-state index contributed by atoms with van der Waals surface area (Å²) in [5.41, 5.74) is -0.0617. The van der Waals surface area contributed by atoms with Crippen molar-refractivity contribution in [1.82, 2.24) is 4.72 Å². The molecular formula is C13H14BrFN2O4S. The van der Waals surface area contributed by atoms with E-state index in [1.54, 1.807) is 19.9 Å². The van der Waals surface area contributed by atoms with Crippen LogP contribution >= 0.6 is 15.9 Å². The normalized spacial score (nSPS) is 12.9. The van der Waals surface area contributed by atoms with Gasteiger partial charge in [0.2, 0.25) is 10.0 Å². The molecule has 22 heavy (non-hydrogen) atoms. The molecule has 9 heteroatoms. The summed E-state index contributed by atoms with van der Waals surface area (Å²) in [6.45, 7) is 3.48. The van der Waals surface area contributed by atoms with Crippen molar-refractivity contribution in [2.45, 2.75) is 31.2 Å². The van der Waals surface area contributed by atoms with Gasteiger partial charge in [0, 0.05) is 4.47 Å². The number of hydrogen-bond donors (Lipinski definition) is 2. The van der Waals surface area contributed by atoms with Gasteiger partial charge in [0.15, 0.2) is 0 Å². The Labute approximate surface area is 136 Å². The quantitative estimate of drug-likeness (QED) is 0.771. The molecule has 0 radical (unpaired) electrons. The molecule has 0 aliphatic carbocycles. The predicted octanol–water partition coefficient (Wildman–Crippen LogP) is 2.24. The zero-order valence-corrected chi connectivity index (χ0v) is 14.2. The maximum absolute atomic E-state index is 13.9. The van der Waals surface area contributed by atoms with E-state index < -0.39 is 32.7 Å². The number of hydrogen-bond acceptors (Lipinski definition) is 4. The predicted molar refractivity (Wildman–Crippen MR) is 80.0 cm³/mol. The first-order chi connectivity index (χ1) is 10.1. The van der Waals surface area contributed by atoms with Gasteiger partial charge in [0.05, 0.1) is 5.56 Å². The van der Waals surface area contributed by atoms with Crippen LogP contribution in [-0.4, -0.2) is 25.5 Å². The molecule has 1 rings (SSSR count). The van der Waals surface area contributed by atoms with Gasteiger partial charge in [0.1, 0.15) is 22.8 Å². The van der Waals surface area contributed by atoms with Crippen molar-refractivity contribution in [2.75, 3.05) is 0 Å². The van der Waals surface area contributed by atoms with E-state index in [1.165, 1.54) is 0 Å². The lowest BCUT2D eigenvalue weighted by molar-refractivity contribution is -0.139. The van der Waals surface area contributed by atoms with Gasteiger partial charge in [-0.05, 0) is 40.4 Å². The van der Waals surface area contributed by atoms with Crippen molar-refractivity contribution in [2.24, 2.45) is 5.92 Å². The van der Waals surface area contributed by atoms with Crippen LogP contribution in [0.1, 0.15) is 25.8 Å². The first kappa shape index (κ1) is 18.5. The summed E-state index contributed by atoms with van der Waals surface area (Å²) in [6.07, 6.45) is 0.0631. The highest BCUT2D eigenvalue weighted by Crippen LogP contribution is 2.24. The van der Waals surface area contributed by atoms with E-state index in [0.29, 0.717) is 0 Å². The summed E-state index contributed by atoms with van der Waals surface area (Å²) < 4.78 is 40.3. The number of nitriles is 1. The molecule has 0 aliphatic rings. The third-order valence-electron chi connectivity index (χ3n) is 2.73. The second-order valence-electron chi connectivity index (χ2n) is 5.02. The van der Waals surface area contributed by atoms with Crippen molar-refractivity contribution in [3.63, 3.8) is 0 Å². The molecular weight excluding hydrogens is 379 g/mol. The summed E-state index contributed by atoms with van der Waals surface area (Å²) in [7, 11) is -4.37. The first-order valence-electron chi connectivity index (χ1n) is 6.22. The van der Waals surface area contributed by atoms with Gasteiger partial charge in [-0.3, -0.25) is 4.79 Å². The first-order valence-corrected chi connectivity index (χ1v) is 8.50. The summed E-state index contributed by atoms with van der Waals surface area (Å²) in [5.74, 6) is -2.53. The number of sulfonamides is 1. The second kappa shape index (κ2) is 7.17. The Morgan fingerprint density at radius 3 is 2.55 bits per heavy atom. The summed E-state index contributed by atoms with van der Waals surface area (Å²) >= 11 is 2.97. The highest BCUT2D eigenvalue weighted by atomic mass is 79.9. The minimum atomic E-state index is -4.37. The molecule has 120 valence electrons. The van der Waals surface area contributed by atoms with Crippen LogP contribution in [0, 0.1) is 23.1 Å². The molecule has 2 N–H and O–H groups in total. The number of carboxylic acid groups (broad SMARTS) is 1. The number of nitrogens with one attached hydrogen (secondary N) is 1. The van der Waals surface area contributed by atoms with Gasteiger partial charge in [-0.25, -0.2) is 12.8 Å². The maximum atomic E-state index is 13.9. The van der Waals surface area contributed by atoms with Crippen molar-refractivity contribution >= 4 is 31.9 Å². The monoisotopic (exact) mass is 392 g/mol. The van der Waals surface area contributed by atoms with Gasteiger partial charge >= 0.3 is 5.97 Å². The minimum Gasteiger partial charge on any atom is -0.480 e. The average molecular weight is 393 g/mol. The molecule has 1 unspecified atom stereocenters. The van der Waals surface area contributed by atoms with Crippen LogP contribution in [0.3, 0.4) is 0 Å². The number of benzene rings is 1. The summed E-state index contributed by atoms with van der Waals surface area (Å²) in [6, 6.07) is 2.05. The molecule has 0 saturated carbocycles. The SMILES string of the molecule is CC(C)CC(NS(=O)(=O)c1cc(Br)c(C#N)cc1F)C(=O)O. The molecule has 1 aromatic carbocycles. The van der Waals surface area contributed by atoms with E-state index in [2.05, 4.69) is 15.9 Å². The summed E-state index contributed by atoms with van der Waals surface area (Å²) in [4.78, 5) is 10.4. The van der Waals surface area contributed by atoms with Crippen molar-refractivity contribution < 1.29 is 22.7 Å². The van der Waals surface area contributed by atoms with Crippen LogP contribution in [0.5, 0.6) is 0 Å². The number of nitrogens with zero attached hydrogens (tertiary/aromatic N) is 1. The molecule has 1 atom stereocenters. The Morgan fingerprint density at radius 2 is 2.09 bits per heavy atom. The number of carboxylic acids is 1. The lowest BCUT2D eigenvalue weighted by Gasteiger charge is -2.17. The van der Waals surface area contributed by atoms with Gasteiger partial charge < -0.3 is 5.11 Å². The van der Waals surface area contributed by atoms with Crippen molar-refractivity contribution in [3.8, 4) is 6.07 Å². The van der Waals surface area contributed by atoms with E-state index >= 15 is 0 Å². The standard InChI is InChI=1S/C13H14BrFN2O4S/c1-7(2)3-11(13(18)19)17-22(20,21)12-5-9(14)8(6-16)4-10(12)15/h4-5,7,11,17H,3H2,1-2H3,(H,18,19).